The minimum absolute atomic E-state index is 0.0446. The van der Waals surface area contributed by atoms with Crippen LogP contribution < -0.4 is 8.92 Å². The van der Waals surface area contributed by atoms with Crippen LogP contribution in [0, 0.1) is 5.92 Å². The third-order valence-electron chi connectivity index (χ3n) is 3.99. The molecule has 0 aliphatic heterocycles. The van der Waals surface area contributed by atoms with Crippen LogP contribution in [0.3, 0.4) is 0 Å². The molecule has 0 saturated heterocycles. The third kappa shape index (κ3) is 5.72. The molecule has 2 aromatic rings. The van der Waals surface area contributed by atoms with E-state index in [2.05, 4.69) is 0 Å². The van der Waals surface area contributed by atoms with Gasteiger partial charge in [0.2, 0.25) is 0 Å². The van der Waals surface area contributed by atoms with Crippen LogP contribution in [-0.4, -0.2) is 38.1 Å². The first-order valence-corrected chi connectivity index (χ1v) is 11.4. The van der Waals surface area contributed by atoms with Crippen LogP contribution in [0.2, 0.25) is 0 Å². The van der Waals surface area contributed by atoms with E-state index in [0.717, 1.165) is 5.56 Å². The summed E-state index contributed by atoms with van der Waals surface area (Å²) in [6, 6.07) is 8.74. The Bertz CT molecular complexity index is 889. The van der Waals surface area contributed by atoms with Gasteiger partial charge >= 0.3 is 10.1 Å². The van der Waals surface area contributed by atoms with Gasteiger partial charge in [0, 0.05) is 13.1 Å². The normalized spacial score (nSPS) is 11.7. The number of carbonyl (C=O) groups is 1. The van der Waals surface area contributed by atoms with E-state index in [9.17, 15) is 13.2 Å². The standard InChI is InChI=1S/C20H27NO5S2/c1-14(2)12-21(20(22)19-7-6-10-27-19)13-16-8-9-17(25-5)18(11-16)26-28(23,24)15(3)4/h6-11,14-15H,12-13H2,1-5H3. The molecule has 0 fully saturated rings. The number of nitrogens with zero attached hydrogens (tertiary/aromatic N) is 1. The monoisotopic (exact) mass is 425 g/mol. The molecule has 2 rings (SSSR count). The van der Waals surface area contributed by atoms with Gasteiger partial charge in [-0.25, -0.2) is 0 Å². The topological polar surface area (TPSA) is 72.9 Å². The second-order valence-electron chi connectivity index (χ2n) is 7.17. The van der Waals surface area contributed by atoms with Crippen LogP contribution in [-0.2, 0) is 16.7 Å². The van der Waals surface area contributed by atoms with Crippen LogP contribution >= 0.6 is 11.3 Å². The molecule has 28 heavy (non-hydrogen) atoms. The lowest BCUT2D eigenvalue weighted by Crippen LogP contribution is -2.33. The molecule has 0 bridgehead atoms. The van der Waals surface area contributed by atoms with Gasteiger partial charge in [-0.1, -0.05) is 26.0 Å². The molecule has 0 spiro atoms. The predicted octanol–water partition coefficient (Wildman–Crippen LogP) is 4.17. The van der Waals surface area contributed by atoms with Crippen molar-refractivity contribution in [3.8, 4) is 11.5 Å². The molecular formula is C20H27NO5S2. The Kier molecular flexibility index (Phi) is 7.48. The molecule has 1 aromatic heterocycles. The number of ether oxygens (including phenoxy) is 1. The molecule has 0 saturated carbocycles. The Morgan fingerprint density at radius 2 is 1.86 bits per heavy atom. The molecule has 0 radical (unpaired) electrons. The smallest absolute Gasteiger partial charge is 0.311 e. The molecule has 1 amide bonds. The van der Waals surface area contributed by atoms with Crippen molar-refractivity contribution < 1.29 is 22.1 Å². The van der Waals surface area contributed by atoms with Crippen molar-refractivity contribution in [2.75, 3.05) is 13.7 Å². The average Bonchev–Trinajstić information content (AvgIpc) is 3.14. The minimum Gasteiger partial charge on any atom is -0.493 e. The second-order valence-corrected chi connectivity index (χ2v) is 10.2. The van der Waals surface area contributed by atoms with Crippen LogP contribution in [0.1, 0.15) is 42.9 Å². The number of hydrogen-bond donors (Lipinski definition) is 0. The second kappa shape index (κ2) is 9.43. The SMILES string of the molecule is COc1ccc(CN(CC(C)C)C(=O)c2cccs2)cc1OS(=O)(=O)C(C)C. The highest BCUT2D eigenvalue weighted by molar-refractivity contribution is 7.87. The highest BCUT2D eigenvalue weighted by Crippen LogP contribution is 2.31. The number of methoxy groups -OCH3 is 1. The van der Waals surface area contributed by atoms with Crippen molar-refractivity contribution in [2.45, 2.75) is 39.5 Å². The van der Waals surface area contributed by atoms with Crippen LogP contribution in [0.5, 0.6) is 11.5 Å². The lowest BCUT2D eigenvalue weighted by atomic mass is 10.1. The minimum atomic E-state index is -3.76. The summed E-state index contributed by atoms with van der Waals surface area (Å²) in [4.78, 5) is 15.3. The van der Waals surface area contributed by atoms with E-state index in [1.54, 1.807) is 36.9 Å². The van der Waals surface area contributed by atoms with E-state index < -0.39 is 15.4 Å². The van der Waals surface area contributed by atoms with Crippen LogP contribution in [0.15, 0.2) is 35.7 Å². The third-order valence-corrected chi connectivity index (χ3v) is 6.41. The summed E-state index contributed by atoms with van der Waals surface area (Å²) in [6.45, 7) is 8.13. The molecular weight excluding hydrogens is 398 g/mol. The zero-order chi connectivity index (χ0) is 20.9. The van der Waals surface area contributed by atoms with Crippen molar-refractivity contribution in [2.24, 2.45) is 5.92 Å². The van der Waals surface area contributed by atoms with E-state index in [-0.39, 0.29) is 11.7 Å². The van der Waals surface area contributed by atoms with E-state index in [4.69, 9.17) is 8.92 Å². The summed E-state index contributed by atoms with van der Waals surface area (Å²) in [5.41, 5.74) is 0.764. The highest BCUT2D eigenvalue weighted by Gasteiger charge is 2.22. The molecule has 154 valence electrons. The van der Waals surface area contributed by atoms with E-state index >= 15 is 0 Å². The molecule has 0 N–H and O–H groups in total. The maximum absolute atomic E-state index is 12.9. The Hall–Kier alpha value is -2.06. The summed E-state index contributed by atoms with van der Waals surface area (Å²) in [7, 11) is -2.31. The van der Waals surface area contributed by atoms with Crippen LogP contribution in [0.4, 0.5) is 0 Å². The van der Waals surface area contributed by atoms with Gasteiger partial charge in [0.05, 0.1) is 17.2 Å². The number of rotatable bonds is 9. The molecule has 1 heterocycles. The fraction of sp³-hybridized carbons (Fsp3) is 0.450. The quantitative estimate of drug-likeness (QED) is 0.564. The Morgan fingerprint density at radius 1 is 1.14 bits per heavy atom. The van der Waals surface area contributed by atoms with Gasteiger partial charge in [0.15, 0.2) is 11.5 Å². The largest absolute Gasteiger partial charge is 0.493 e. The average molecular weight is 426 g/mol. The van der Waals surface area contributed by atoms with Gasteiger partial charge in [-0.15, -0.1) is 11.3 Å². The van der Waals surface area contributed by atoms with E-state index in [0.29, 0.717) is 29.6 Å². The molecule has 0 unspecified atom stereocenters. The number of amides is 1. The lowest BCUT2D eigenvalue weighted by Gasteiger charge is -2.24. The Balaban J connectivity index is 2.31. The molecule has 6 nitrogen and oxygen atoms in total. The fourth-order valence-electron chi connectivity index (χ4n) is 2.54. The predicted molar refractivity (Wildman–Crippen MR) is 112 cm³/mol. The van der Waals surface area contributed by atoms with Gasteiger partial charge in [0.1, 0.15) is 0 Å². The molecule has 0 atom stereocenters. The Labute approximate surface area is 171 Å². The summed E-state index contributed by atoms with van der Waals surface area (Å²) in [6.07, 6.45) is 0. The first-order valence-electron chi connectivity index (χ1n) is 9.07. The van der Waals surface area contributed by atoms with Crippen molar-refractivity contribution in [3.05, 3.63) is 46.2 Å². The Morgan fingerprint density at radius 3 is 2.39 bits per heavy atom. The number of carbonyl (C=O) groups excluding carboxylic acids is 1. The zero-order valence-corrected chi connectivity index (χ0v) is 18.5. The maximum Gasteiger partial charge on any atom is 0.311 e. The van der Waals surface area contributed by atoms with Gasteiger partial charge in [0.25, 0.3) is 5.91 Å². The summed E-state index contributed by atoms with van der Waals surface area (Å²) >= 11 is 1.40. The van der Waals surface area contributed by atoms with Crippen molar-refractivity contribution >= 4 is 27.4 Å². The van der Waals surface area contributed by atoms with Crippen molar-refractivity contribution in [1.29, 1.82) is 0 Å². The first-order chi connectivity index (χ1) is 13.1. The first kappa shape index (κ1) is 22.2. The molecule has 8 heteroatoms. The van der Waals surface area contributed by atoms with E-state index in [1.807, 2.05) is 31.4 Å². The zero-order valence-electron chi connectivity index (χ0n) is 16.8. The molecule has 0 aliphatic carbocycles. The highest BCUT2D eigenvalue weighted by atomic mass is 32.2. The number of benzene rings is 1. The maximum atomic E-state index is 12.9. The summed E-state index contributed by atoms with van der Waals surface area (Å²) < 4.78 is 34.8. The molecule has 1 aromatic carbocycles. The van der Waals surface area contributed by atoms with Crippen molar-refractivity contribution in [3.63, 3.8) is 0 Å². The fourth-order valence-corrected chi connectivity index (χ4v) is 3.81. The number of hydrogen-bond acceptors (Lipinski definition) is 6. The van der Waals surface area contributed by atoms with Gasteiger partial charge in [-0.05, 0) is 48.9 Å². The van der Waals surface area contributed by atoms with E-state index in [1.165, 1.54) is 18.4 Å². The van der Waals surface area contributed by atoms with Crippen LogP contribution in [0.25, 0.3) is 0 Å². The van der Waals surface area contributed by atoms with Gasteiger partial charge in [-0.2, -0.15) is 8.42 Å². The summed E-state index contributed by atoms with van der Waals surface area (Å²) in [5.74, 6) is 0.700. The summed E-state index contributed by atoms with van der Waals surface area (Å²) in [5, 5.41) is 1.19. The number of thiophene rings is 1. The lowest BCUT2D eigenvalue weighted by molar-refractivity contribution is 0.0727. The van der Waals surface area contributed by atoms with Gasteiger partial charge < -0.3 is 13.8 Å². The molecule has 0 aliphatic rings. The van der Waals surface area contributed by atoms with Crippen molar-refractivity contribution in [1.82, 2.24) is 4.90 Å². The van der Waals surface area contributed by atoms with Gasteiger partial charge in [-0.3, -0.25) is 4.79 Å².